The number of rotatable bonds is 4. The predicted octanol–water partition coefficient (Wildman–Crippen LogP) is 2.72. The number of carbonyl (C=O) groups excluding carboxylic acids is 1. The van der Waals surface area contributed by atoms with Crippen LogP contribution in [-0.2, 0) is 9.53 Å². The van der Waals surface area contributed by atoms with E-state index in [1.54, 1.807) is 6.92 Å². The highest BCUT2D eigenvalue weighted by molar-refractivity contribution is 9.10. The lowest BCUT2D eigenvalue weighted by Crippen LogP contribution is -2.05. The summed E-state index contributed by atoms with van der Waals surface area (Å²) >= 11 is 3.11. The third kappa shape index (κ3) is 3.63. The molecular weight excluding hydrogens is 304 g/mol. The zero-order valence-electron chi connectivity index (χ0n) is 9.84. The summed E-state index contributed by atoms with van der Waals surface area (Å²) in [4.78, 5) is 25.6. The Balaban J connectivity index is 3.14. The minimum absolute atomic E-state index is 0.119. The normalized spacial score (nSPS) is 11.2. The van der Waals surface area contributed by atoms with Crippen molar-refractivity contribution < 1.29 is 14.5 Å². The molecule has 0 aromatic carbocycles. The number of ether oxygens (including phenoxy) is 1. The number of esters is 1. The molecule has 1 aromatic heterocycles. The minimum Gasteiger partial charge on any atom is -0.463 e. The number of hydrogen-bond acceptors (Lipinski definition) is 5. The van der Waals surface area contributed by atoms with Crippen molar-refractivity contribution in [1.82, 2.24) is 4.98 Å². The van der Waals surface area contributed by atoms with E-state index in [0.29, 0.717) is 4.47 Å². The molecule has 7 heteroatoms. The molecule has 96 valence electrons. The van der Waals surface area contributed by atoms with Crippen molar-refractivity contribution in [3.8, 4) is 0 Å². The molecule has 0 bridgehead atoms. The molecule has 1 aromatic rings. The monoisotopic (exact) mass is 314 g/mol. The molecule has 1 rings (SSSR count). The Kier molecular flexibility index (Phi) is 4.96. The molecule has 18 heavy (non-hydrogen) atoms. The van der Waals surface area contributed by atoms with Crippen molar-refractivity contribution in [2.45, 2.75) is 13.8 Å². The second kappa shape index (κ2) is 6.25. The van der Waals surface area contributed by atoms with Crippen LogP contribution < -0.4 is 0 Å². The van der Waals surface area contributed by atoms with Gasteiger partial charge in [0.1, 0.15) is 5.69 Å². The Bertz CT molecular complexity index is 514. The van der Waals surface area contributed by atoms with E-state index >= 15 is 0 Å². The third-order valence-electron chi connectivity index (χ3n) is 2.01. The van der Waals surface area contributed by atoms with E-state index in [9.17, 15) is 14.9 Å². The van der Waals surface area contributed by atoms with E-state index in [2.05, 4.69) is 20.9 Å². The van der Waals surface area contributed by atoms with Crippen LogP contribution in [0.3, 0.4) is 0 Å². The Labute approximate surface area is 112 Å². The lowest BCUT2D eigenvalue weighted by atomic mass is 10.2. The van der Waals surface area contributed by atoms with Crippen LogP contribution in [0.1, 0.15) is 19.5 Å². The Morgan fingerprint density at radius 1 is 1.67 bits per heavy atom. The first-order valence-electron chi connectivity index (χ1n) is 5.11. The molecule has 6 nitrogen and oxygen atoms in total. The average Bonchev–Trinajstić information content (AvgIpc) is 2.31. The maximum atomic E-state index is 11.4. The second-order valence-electron chi connectivity index (χ2n) is 3.36. The fourth-order valence-corrected chi connectivity index (χ4v) is 1.52. The summed E-state index contributed by atoms with van der Waals surface area (Å²) in [5.41, 5.74) is 0.205. The zero-order valence-corrected chi connectivity index (χ0v) is 11.4. The fourth-order valence-electron chi connectivity index (χ4n) is 1.21. The maximum absolute atomic E-state index is 11.4. The number of carbonyl (C=O) groups is 1. The van der Waals surface area contributed by atoms with Gasteiger partial charge in [-0.15, -0.1) is 0 Å². The van der Waals surface area contributed by atoms with Gasteiger partial charge < -0.3 is 4.74 Å². The van der Waals surface area contributed by atoms with Gasteiger partial charge in [0.2, 0.25) is 0 Å². The Morgan fingerprint density at radius 3 is 2.89 bits per heavy atom. The van der Waals surface area contributed by atoms with Crippen molar-refractivity contribution in [3.63, 3.8) is 0 Å². The molecule has 0 aliphatic rings. The second-order valence-corrected chi connectivity index (χ2v) is 4.28. The Hall–Kier alpha value is -1.76. The van der Waals surface area contributed by atoms with Crippen LogP contribution in [0, 0.1) is 10.1 Å². The number of aromatic nitrogens is 1. The van der Waals surface area contributed by atoms with Crippen molar-refractivity contribution in [2.75, 3.05) is 6.61 Å². The van der Waals surface area contributed by atoms with Crippen molar-refractivity contribution in [3.05, 3.63) is 38.1 Å². The van der Waals surface area contributed by atoms with Crippen LogP contribution in [0.25, 0.3) is 6.08 Å². The topological polar surface area (TPSA) is 82.3 Å². The lowest BCUT2D eigenvalue weighted by Gasteiger charge is -2.02. The molecule has 0 N–H and O–H groups in total. The van der Waals surface area contributed by atoms with E-state index in [1.807, 2.05) is 0 Å². The summed E-state index contributed by atoms with van der Waals surface area (Å²) in [6.45, 7) is 3.46. The van der Waals surface area contributed by atoms with E-state index in [0.717, 1.165) is 0 Å². The maximum Gasteiger partial charge on any atom is 0.333 e. The number of hydrogen-bond donors (Lipinski definition) is 0. The standard InChI is InChI=1S/C11H11BrN2O4/c1-3-18-11(15)7(2)4-9-10(14(16)17)5-8(12)6-13-9/h4-6H,3H2,1-2H3/b7-4+. The highest BCUT2D eigenvalue weighted by Gasteiger charge is 2.15. The number of nitro groups is 1. The van der Waals surface area contributed by atoms with Crippen LogP contribution in [0.4, 0.5) is 5.69 Å². The highest BCUT2D eigenvalue weighted by Crippen LogP contribution is 2.23. The van der Waals surface area contributed by atoms with Crippen molar-refractivity contribution >= 4 is 33.7 Å². The first-order chi connectivity index (χ1) is 8.45. The van der Waals surface area contributed by atoms with Gasteiger partial charge in [0.05, 0.1) is 11.5 Å². The van der Waals surface area contributed by atoms with E-state index in [4.69, 9.17) is 4.74 Å². The molecule has 0 aliphatic heterocycles. The first-order valence-corrected chi connectivity index (χ1v) is 5.90. The molecule has 0 fully saturated rings. The summed E-state index contributed by atoms with van der Waals surface area (Å²) in [6.07, 6.45) is 2.76. The molecule has 0 unspecified atom stereocenters. The lowest BCUT2D eigenvalue weighted by molar-refractivity contribution is -0.385. The minimum atomic E-state index is -0.554. The van der Waals surface area contributed by atoms with Crippen molar-refractivity contribution in [2.24, 2.45) is 0 Å². The van der Waals surface area contributed by atoms with Gasteiger partial charge in [0.25, 0.3) is 5.69 Å². The average molecular weight is 315 g/mol. The fraction of sp³-hybridized carbons (Fsp3) is 0.273. The van der Waals surface area contributed by atoms with Crippen molar-refractivity contribution in [1.29, 1.82) is 0 Å². The third-order valence-corrected chi connectivity index (χ3v) is 2.45. The SMILES string of the molecule is CCOC(=O)/C(C)=C/c1ncc(Br)cc1[N+](=O)[O-]. The molecule has 0 amide bonds. The Morgan fingerprint density at radius 2 is 2.33 bits per heavy atom. The molecule has 0 aliphatic carbocycles. The zero-order chi connectivity index (χ0) is 13.7. The predicted molar refractivity (Wildman–Crippen MR) is 68.9 cm³/mol. The highest BCUT2D eigenvalue weighted by atomic mass is 79.9. The van der Waals surface area contributed by atoms with Gasteiger partial charge in [-0.2, -0.15) is 0 Å². The molecule has 0 radical (unpaired) electrons. The summed E-state index contributed by atoms with van der Waals surface area (Å²) < 4.78 is 5.29. The van der Waals surface area contributed by atoms with E-state index in [-0.39, 0.29) is 23.6 Å². The van der Waals surface area contributed by atoms with Gasteiger partial charge in [-0.25, -0.2) is 9.78 Å². The van der Waals surface area contributed by atoms with Gasteiger partial charge in [-0.3, -0.25) is 10.1 Å². The smallest absolute Gasteiger partial charge is 0.333 e. The van der Waals surface area contributed by atoms with E-state index in [1.165, 1.54) is 25.3 Å². The number of pyridine rings is 1. The molecule has 1 heterocycles. The summed E-state index contributed by atoms with van der Waals surface area (Å²) in [5, 5.41) is 10.9. The molecule has 0 spiro atoms. The molecule has 0 saturated heterocycles. The number of halogens is 1. The van der Waals surface area contributed by atoms with Gasteiger partial charge in [-0.05, 0) is 35.9 Å². The van der Waals surface area contributed by atoms with Gasteiger partial charge >= 0.3 is 5.97 Å². The van der Waals surface area contributed by atoms with Gasteiger partial charge in [0.15, 0.2) is 0 Å². The quantitative estimate of drug-likeness (QED) is 0.369. The molecular formula is C11H11BrN2O4. The van der Waals surface area contributed by atoms with Crippen LogP contribution in [0.15, 0.2) is 22.3 Å². The van der Waals surface area contributed by atoms with Gasteiger partial charge in [-0.1, -0.05) is 0 Å². The number of nitrogens with zero attached hydrogens (tertiary/aromatic N) is 2. The van der Waals surface area contributed by atoms with E-state index < -0.39 is 10.9 Å². The largest absolute Gasteiger partial charge is 0.463 e. The summed E-state index contributed by atoms with van der Waals surface area (Å²) in [6, 6.07) is 1.33. The van der Waals surface area contributed by atoms with Crippen LogP contribution in [0.2, 0.25) is 0 Å². The van der Waals surface area contributed by atoms with Crippen LogP contribution in [-0.4, -0.2) is 22.5 Å². The summed E-state index contributed by atoms with van der Waals surface area (Å²) in [7, 11) is 0. The molecule has 0 saturated carbocycles. The summed E-state index contributed by atoms with van der Waals surface area (Å²) in [5.74, 6) is -0.517. The van der Waals surface area contributed by atoms with Gasteiger partial charge in [0, 0.05) is 22.3 Å². The first kappa shape index (κ1) is 14.3. The van der Waals surface area contributed by atoms with Crippen LogP contribution in [0.5, 0.6) is 0 Å². The van der Waals surface area contributed by atoms with Crippen LogP contribution >= 0.6 is 15.9 Å². The molecule has 0 atom stereocenters.